The highest BCUT2D eigenvalue weighted by atomic mass is 16.6. The van der Waals surface area contributed by atoms with Gasteiger partial charge in [-0.05, 0) is 38.5 Å². The van der Waals surface area contributed by atoms with Gasteiger partial charge in [0.15, 0.2) is 0 Å². The number of ether oxygens (including phenoxy) is 2. The Hall–Kier alpha value is -0.0800. The molecular formula is C16H30O2. The molecule has 0 spiro atoms. The van der Waals surface area contributed by atoms with Crippen LogP contribution in [0.5, 0.6) is 0 Å². The lowest BCUT2D eigenvalue weighted by atomic mass is 9.97. The molecule has 0 aromatic heterocycles. The van der Waals surface area contributed by atoms with E-state index in [-0.39, 0.29) is 0 Å². The summed E-state index contributed by atoms with van der Waals surface area (Å²) in [4.78, 5) is 0. The van der Waals surface area contributed by atoms with Gasteiger partial charge in [-0.3, -0.25) is 0 Å². The zero-order valence-corrected chi connectivity index (χ0v) is 12.2. The Morgan fingerprint density at radius 3 is 2.00 bits per heavy atom. The molecule has 2 aliphatic carbocycles. The summed E-state index contributed by atoms with van der Waals surface area (Å²) in [6.07, 6.45) is 14.3. The van der Waals surface area contributed by atoms with Crippen molar-refractivity contribution in [2.24, 2.45) is 0 Å². The molecule has 2 rings (SSSR count). The van der Waals surface area contributed by atoms with Gasteiger partial charge < -0.3 is 9.47 Å². The molecule has 106 valence electrons. The summed E-state index contributed by atoms with van der Waals surface area (Å²) in [5.74, 6) is 0. The molecule has 0 aromatic rings. The van der Waals surface area contributed by atoms with Crippen LogP contribution in [0, 0.1) is 0 Å². The van der Waals surface area contributed by atoms with E-state index in [1.54, 1.807) is 0 Å². The van der Waals surface area contributed by atoms with Gasteiger partial charge in [0.05, 0.1) is 24.4 Å². The first-order valence-corrected chi connectivity index (χ1v) is 8.14. The summed E-state index contributed by atoms with van der Waals surface area (Å²) < 4.78 is 12.5. The fourth-order valence-corrected chi connectivity index (χ4v) is 2.97. The van der Waals surface area contributed by atoms with Crippen LogP contribution in [0.3, 0.4) is 0 Å². The molecule has 0 bridgehead atoms. The first kappa shape index (κ1) is 14.3. The van der Waals surface area contributed by atoms with Crippen molar-refractivity contribution in [3.8, 4) is 0 Å². The predicted octanol–water partition coefficient (Wildman–Crippen LogP) is 4.46. The number of hydrogen-bond acceptors (Lipinski definition) is 2. The van der Waals surface area contributed by atoms with E-state index in [4.69, 9.17) is 9.47 Å². The van der Waals surface area contributed by atoms with Gasteiger partial charge in [-0.25, -0.2) is 0 Å². The Labute approximate surface area is 112 Å². The summed E-state index contributed by atoms with van der Waals surface area (Å²) in [5, 5.41) is 0. The van der Waals surface area contributed by atoms with E-state index in [9.17, 15) is 0 Å². The van der Waals surface area contributed by atoms with E-state index in [1.807, 2.05) is 0 Å². The zero-order valence-electron chi connectivity index (χ0n) is 12.2. The topological polar surface area (TPSA) is 18.5 Å². The summed E-state index contributed by atoms with van der Waals surface area (Å²) in [7, 11) is 0. The van der Waals surface area contributed by atoms with Crippen molar-refractivity contribution in [1.29, 1.82) is 0 Å². The average molecular weight is 254 g/mol. The lowest BCUT2D eigenvalue weighted by Gasteiger charge is -2.32. The van der Waals surface area contributed by atoms with E-state index < -0.39 is 0 Å². The normalized spacial score (nSPS) is 25.0. The quantitative estimate of drug-likeness (QED) is 0.636. The van der Waals surface area contributed by atoms with E-state index in [0.29, 0.717) is 24.4 Å². The molecule has 2 unspecified atom stereocenters. The third-order valence-electron chi connectivity index (χ3n) is 4.20. The molecule has 0 N–H and O–H groups in total. The average Bonchev–Trinajstić information content (AvgIpc) is 3.21. The SMILES string of the molecule is CCCC(OC1CC1)C(CC)OC1CCCCC1. The molecule has 2 saturated carbocycles. The molecule has 2 aliphatic rings. The second kappa shape index (κ2) is 7.49. The fourth-order valence-electron chi connectivity index (χ4n) is 2.97. The molecule has 18 heavy (non-hydrogen) atoms. The maximum absolute atomic E-state index is 6.36. The monoisotopic (exact) mass is 254 g/mol. The standard InChI is InChI=1S/C16H30O2/c1-3-8-16(18-14-11-12-14)15(4-2)17-13-9-6-5-7-10-13/h13-16H,3-12H2,1-2H3. The lowest BCUT2D eigenvalue weighted by Crippen LogP contribution is -2.35. The van der Waals surface area contributed by atoms with Crippen LogP contribution >= 0.6 is 0 Å². The molecule has 0 heterocycles. The minimum absolute atomic E-state index is 0.327. The maximum atomic E-state index is 6.36. The molecular weight excluding hydrogens is 224 g/mol. The first-order chi connectivity index (χ1) is 8.83. The van der Waals surface area contributed by atoms with Crippen LogP contribution in [0.25, 0.3) is 0 Å². The van der Waals surface area contributed by atoms with Crippen LogP contribution in [0.2, 0.25) is 0 Å². The molecule has 2 nitrogen and oxygen atoms in total. The largest absolute Gasteiger partial charge is 0.372 e. The second-order valence-corrected chi connectivity index (χ2v) is 6.01. The molecule has 0 aliphatic heterocycles. The van der Waals surface area contributed by atoms with Crippen molar-refractivity contribution >= 4 is 0 Å². The van der Waals surface area contributed by atoms with E-state index in [1.165, 1.54) is 51.4 Å². The van der Waals surface area contributed by atoms with Gasteiger partial charge in [0.1, 0.15) is 0 Å². The van der Waals surface area contributed by atoms with Crippen molar-refractivity contribution in [3.05, 3.63) is 0 Å². The van der Waals surface area contributed by atoms with Gasteiger partial charge in [-0.2, -0.15) is 0 Å². The van der Waals surface area contributed by atoms with Gasteiger partial charge in [0.25, 0.3) is 0 Å². The van der Waals surface area contributed by atoms with Gasteiger partial charge in [0, 0.05) is 0 Å². The predicted molar refractivity (Wildman–Crippen MR) is 74.8 cm³/mol. The van der Waals surface area contributed by atoms with Crippen molar-refractivity contribution < 1.29 is 9.47 Å². The molecule has 0 saturated heterocycles. The minimum Gasteiger partial charge on any atom is -0.372 e. The Morgan fingerprint density at radius 1 is 0.833 bits per heavy atom. The van der Waals surface area contributed by atoms with Gasteiger partial charge in [-0.15, -0.1) is 0 Å². The summed E-state index contributed by atoms with van der Waals surface area (Å²) >= 11 is 0. The van der Waals surface area contributed by atoms with Crippen molar-refractivity contribution in [1.82, 2.24) is 0 Å². The number of hydrogen-bond donors (Lipinski definition) is 0. The van der Waals surface area contributed by atoms with E-state index >= 15 is 0 Å². The van der Waals surface area contributed by atoms with Crippen LogP contribution in [-0.4, -0.2) is 24.4 Å². The van der Waals surface area contributed by atoms with Crippen LogP contribution in [-0.2, 0) is 9.47 Å². The smallest absolute Gasteiger partial charge is 0.0840 e. The zero-order chi connectivity index (χ0) is 12.8. The molecule has 0 radical (unpaired) electrons. The third-order valence-corrected chi connectivity index (χ3v) is 4.20. The summed E-state index contributed by atoms with van der Waals surface area (Å²) in [5.41, 5.74) is 0. The first-order valence-electron chi connectivity index (χ1n) is 8.14. The Balaban J connectivity index is 1.82. The number of rotatable bonds is 8. The van der Waals surface area contributed by atoms with E-state index in [0.717, 1.165) is 12.8 Å². The minimum atomic E-state index is 0.327. The Kier molecular flexibility index (Phi) is 5.97. The fraction of sp³-hybridized carbons (Fsp3) is 1.00. The van der Waals surface area contributed by atoms with Crippen LogP contribution < -0.4 is 0 Å². The van der Waals surface area contributed by atoms with Gasteiger partial charge in [-0.1, -0.05) is 39.5 Å². The highest BCUT2D eigenvalue weighted by Gasteiger charge is 2.31. The Morgan fingerprint density at radius 2 is 1.44 bits per heavy atom. The summed E-state index contributed by atoms with van der Waals surface area (Å²) in [6.45, 7) is 4.49. The third kappa shape index (κ3) is 4.55. The van der Waals surface area contributed by atoms with Crippen molar-refractivity contribution in [2.75, 3.05) is 0 Å². The van der Waals surface area contributed by atoms with Crippen LogP contribution in [0.15, 0.2) is 0 Å². The molecule has 2 heteroatoms. The lowest BCUT2D eigenvalue weighted by molar-refractivity contribution is -0.117. The van der Waals surface area contributed by atoms with Gasteiger partial charge >= 0.3 is 0 Å². The van der Waals surface area contributed by atoms with Gasteiger partial charge in [0.2, 0.25) is 0 Å². The molecule has 0 amide bonds. The Bertz CT molecular complexity index is 219. The van der Waals surface area contributed by atoms with Crippen molar-refractivity contribution in [2.45, 2.75) is 102 Å². The molecule has 0 aromatic carbocycles. The van der Waals surface area contributed by atoms with Crippen LogP contribution in [0.1, 0.15) is 78.1 Å². The van der Waals surface area contributed by atoms with Crippen molar-refractivity contribution in [3.63, 3.8) is 0 Å². The second-order valence-electron chi connectivity index (χ2n) is 6.01. The molecule has 2 fully saturated rings. The van der Waals surface area contributed by atoms with Crippen LogP contribution in [0.4, 0.5) is 0 Å². The molecule has 2 atom stereocenters. The van der Waals surface area contributed by atoms with E-state index in [2.05, 4.69) is 13.8 Å². The highest BCUT2D eigenvalue weighted by Crippen LogP contribution is 2.30. The maximum Gasteiger partial charge on any atom is 0.0840 e. The highest BCUT2D eigenvalue weighted by molar-refractivity contribution is 4.80. The summed E-state index contributed by atoms with van der Waals surface area (Å²) in [6, 6.07) is 0.